The molecule has 1 N–H and O–H groups in total. The van der Waals surface area contributed by atoms with Gasteiger partial charge in [-0.15, -0.1) is 0 Å². The molecule has 3 rings (SSSR count). The van der Waals surface area contributed by atoms with Crippen molar-refractivity contribution in [1.82, 2.24) is 19.9 Å². The lowest BCUT2D eigenvalue weighted by atomic mass is 10.1. The highest BCUT2D eigenvalue weighted by Gasteiger charge is 2.15. The largest absolute Gasteiger partial charge is 0.441 e. The molecule has 0 aliphatic heterocycles. The number of benzene rings is 1. The Kier molecular flexibility index (Phi) is 3.35. The van der Waals surface area contributed by atoms with Gasteiger partial charge in [-0.2, -0.15) is 0 Å². The summed E-state index contributed by atoms with van der Waals surface area (Å²) in [5, 5.41) is 3.12. The van der Waals surface area contributed by atoms with Crippen LogP contribution in [0.25, 0.3) is 22.4 Å². The maximum atomic E-state index is 5.60. The van der Waals surface area contributed by atoms with Crippen molar-refractivity contribution in [3.8, 4) is 11.3 Å². The molecule has 2 aromatic heterocycles. The Labute approximate surface area is 125 Å². The van der Waals surface area contributed by atoms with E-state index in [0.29, 0.717) is 5.89 Å². The Balaban J connectivity index is 2.14. The maximum absolute atomic E-state index is 5.60. The molecule has 0 aliphatic rings. The quantitative estimate of drug-likeness (QED) is 0.799. The summed E-state index contributed by atoms with van der Waals surface area (Å²) < 4.78 is 8.50. The van der Waals surface area contributed by atoms with Gasteiger partial charge >= 0.3 is 0 Å². The Morgan fingerprint density at radius 1 is 1.35 bits per heavy atom. The van der Waals surface area contributed by atoms with E-state index in [2.05, 4.69) is 35.8 Å². The van der Waals surface area contributed by atoms with Gasteiger partial charge in [0.05, 0.1) is 12.2 Å². The van der Waals surface area contributed by atoms with Crippen molar-refractivity contribution in [3.05, 3.63) is 34.5 Å². The van der Waals surface area contributed by atoms with E-state index in [4.69, 9.17) is 4.42 Å². The summed E-state index contributed by atoms with van der Waals surface area (Å²) in [6.07, 6.45) is 0. The first-order valence-corrected chi connectivity index (χ1v) is 7.12. The smallest absolute Gasteiger partial charge is 0.192 e. The lowest BCUT2D eigenvalue weighted by Crippen LogP contribution is -2.10. The molecule has 1 aromatic carbocycles. The Bertz CT molecular complexity index is 775. The van der Waals surface area contributed by atoms with Crippen LogP contribution < -0.4 is 5.32 Å². The minimum Gasteiger partial charge on any atom is -0.441 e. The summed E-state index contributed by atoms with van der Waals surface area (Å²) in [6, 6.07) is 6.01. The number of aryl methyl sites for hydroxylation is 1. The lowest BCUT2D eigenvalue weighted by Gasteiger charge is -2.06. The second-order valence-corrected chi connectivity index (χ2v) is 5.42. The number of rotatable bonds is 3. The summed E-state index contributed by atoms with van der Waals surface area (Å²) in [5.74, 6) is 1.65. The summed E-state index contributed by atoms with van der Waals surface area (Å²) >= 11 is 3.54. The number of fused-ring (bicyclic) bond motifs is 1. The average molecular weight is 335 g/mol. The number of nitrogens with one attached hydrogen (secondary N) is 1. The topological polar surface area (TPSA) is 55.9 Å². The molecule has 0 radical (unpaired) electrons. The number of hydrogen-bond donors (Lipinski definition) is 1. The number of imidazole rings is 1. The monoisotopic (exact) mass is 334 g/mol. The molecule has 6 heteroatoms. The molecule has 0 saturated heterocycles. The molecule has 3 aromatic rings. The van der Waals surface area contributed by atoms with Crippen LogP contribution in [0.15, 0.2) is 27.2 Å². The molecular formula is C14H15BrN4O. The SMILES string of the molecule is CNCc1nc(Br)c(-c2ccc3nc(C)oc3c2)n1C. The van der Waals surface area contributed by atoms with Crippen molar-refractivity contribution < 1.29 is 4.42 Å². The standard InChI is InChI=1S/C14H15BrN4O/c1-8-17-10-5-4-9(6-11(10)20-8)13-14(15)18-12(7-16-2)19(13)3/h4-6,16H,7H2,1-3H3. The Hall–Kier alpha value is -1.66. The van der Waals surface area contributed by atoms with Crippen LogP contribution in [0, 0.1) is 6.92 Å². The first-order valence-electron chi connectivity index (χ1n) is 6.33. The zero-order valence-electron chi connectivity index (χ0n) is 11.6. The van der Waals surface area contributed by atoms with Crippen molar-refractivity contribution in [2.24, 2.45) is 7.05 Å². The fraction of sp³-hybridized carbons (Fsp3) is 0.286. The van der Waals surface area contributed by atoms with E-state index in [0.717, 1.165) is 39.3 Å². The van der Waals surface area contributed by atoms with Gasteiger partial charge in [0.1, 0.15) is 15.9 Å². The number of hydrogen-bond acceptors (Lipinski definition) is 4. The molecule has 104 valence electrons. The molecule has 5 nitrogen and oxygen atoms in total. The predicted molar refractivity (Wildman–Crippen MR) is 81.4 cm³/mol. The third kappa shape index (κ3) is 2.14. The van der Waals surface area contributed by atoms with E-state index in [-0.39, 0.29) is 0 Å². The summed E-state index contributed by atoms with van der Waals surface area (Å²) in [5.41, 5.74) is 3.76. The first-order chi connectivity index (χ1) is 9.60. The van der Waals surface area contributed by atoms with Gasteiger partial charge in [0.25, 0.3) is 0 Å². The van der Waals surface area contributed by atoms with Crippen LogP contribution in [0.3, 0.4) is 0 Å². The molecule has 2 heterocycles. The van der Waals surface area contributed by atoms with Gasteiger partial charge in [0, 0.05) is 19.5 Å². The van der Waals surface area contributed by atoms with Crippen molar-refractivity contribution in [1.29, 1.82) is 0 Å². The molecule has 0 amide bonds. The molecule has 0 fully saturated rings. The van der Waals surface area contributed by atoms with Crippen LogP contribution in [0.2, 0.25) is 0 Å². The summed E-state index contributed by atoms with van der Waals surface area (Å²) in [7, 11) is 3.92. The van der Waals surface area contributed by atoms with Gasteiger partial charge in [0.2, 0.25) is 0 Å². The third-order valence-corrected chi connectivity index (χ3v) is 3.80. The molecular weight excluding hydrogens is 320 g/mol. The highest BCUT2D eigenvalue weighted by atomic mass is 79.9. The minimum atomic E-state index is 0.678. The highest BCUT2D eigenvalue weighted by molar-refractivity contribution is 9.10. The predicted octanol–water partition coefficient (Wildman–Crippen LogP) is 3.02. The van der Waals surface area contributed by atoms with Crippen LogP contribution in [-0.2, 0) is 13.6 Å². The van der Waals surface area contributed by atoms with E-state index >= 15 is 0 Å². The molecule has 0 unspecified atom stereocenters. The van der Waals surface area contributed by atoms with Crippen LogP contribution >= 0.6 is 15.9 Å². The number of nitrogens with zero attached hydrogens (tertiary/aromatic N) is 3. The van der Waals surface area contributed by atoms with Crippen LogP contribution in [0.4, 0.5) is 0 Å². The van der Waals surface area contributed by atoms with E-state index in [1.807, 2.05) is 39.2 Å². The van der Waals surface area contributed by atoms with E-state index in [9.17, 15) is 0 Å². The van der Waals surface area contributed by atoms with E-state index in [1.54, 1.807) is 0 Å². The van der Waals surface area contributed by atoms with Crippen LogP contribution in [-0.4, -0.2) is 21.6 Å². The van der Waals surface area contributed by atoms with Gasteiger partial charge in [-0.3, -0.25) is 0 Å². The van der Waals surface area contributed by atoms with Gasteiger partial charge in [0.15, 0.2) is 11.5 Å². The van der Waals surface area contributed by atoms with Gasteiger partial charge in [-0.25, -0.2) is 9.97 Å². The van der Waals surface area contributed by atoms with Gasteiger partial charge < -0.3 is 14.3 Å². The van der Waals surface area contributed by atoms with E-state index in [1.165, 1.54) is 0 Å². The van der Waals surface area contributed by atoms with Crippen LogP contribution in [0.1, 0.15) is 11.7 Å². The molecule has 0 saturated carbocycles. The highest BCUT2D eigenvalue weighted by Crippen LogP contribution is 2.31. The van der Waals surface area contributed by atoms with Crippen molar-refractivity contribution in [2.75, 3.05) is 7.05 Å². The van der Waals surface area contributed by atoms with Gasteiger partial charge in [-0.05, 0) is 35.1 Å². The first kappa shape index (κ1) is 13.3. The van der Waals surface area contributed by atoms with Gasteiger partial charge in [-0.1, -0.05) is 6.07 Å². The molecule has 0 atom stereocenters. The molecule has 0 spiro atoms. The zero-order chi connectivity index (χ0) is 14.3. The molecule has 20 heavy (non-hydrogen) atoms. The molecule has 0 bridgehead atoms. The maximum Gasteiger partial charge on any atom is 0.192 e. The van der Waals surface area contributed by atoms with Crippen LogP contribution in [0.5, 0.6) is 0 Å². The average Bonchev–Trinajstić information content (AvgIpc) is 2.89. The fourth-order valence-electron chi connectivity index (χ4n) is 2.32. The Morgan fingerprint density at radius 3 is 2.90 bits per heavy atom. The number of oxazole rings is 1. The Morgan fingerprint density at radius 2 is 2.15 bits per heavy atom. The summed E-state index contributed by atoms with van der Waals surface area (Å²) in [6.45, 7) is 2.57. The fourth-order valence-corrected chi connectivity index (χ4v) is 3.02. The van der Waals surface area contributed by atoms with Crippen molar-refractivity contribution in [2.45, 2.75) is 13.5 Å². The third-order valence-electron chi connectivity index (χ3n) is 3.25. The van der Waals surface area contributed by atoms with Crippen molar-refractivity contribution >= 4 is 27.0 Å². The second kappa shape index (κ2) is 5.03. The zero-order valence-corrected chi connectivity index (χ0v) is 13.2. The number of aromatic nitrogens is 3. The van der Waals surface area contributed by atoms with Crippen molar-refractivity contribution in [3.63, 3.8) is 0 Å². The summed E-state index contributed by atoms with van der Waals surface area (Å²) in [4.78, 5) is 8.85. The number of halogens is 1. The normalized spacial score (nSPS) is 11.4. The molecule has 0 aliphatic carbocycles. The second-order valence-electron chi connectivity index (χ2n) is 4.67. The minimum absolute atomic E-state index is 0.678. The van der Waals surface area contributed by atoms with E-state index < -0.39 is 0 Å². The lowest BCUT2D eigenvalue weighted by molar-refractivity contribution is 0.561.